The van der Waals surface area contributed by atoms with Crippen molar-refractivity contribution >= 4 is 43.7 Å². The van der Waals surface area contributed by atoms with E-state index in [1.165, 1.54) is 0 Å². The second kappa shape index (κ2) is 13.0. The molecule has 11 aromatic rings. The first-order valence-corrected chi connectivity index (χ1v) is 18.8. The van der Waals surface area contributed by atoms with E-state index >= 15 is 0 Å². The van der Waals surface area contributed by atoms with Crippen LogP contribution < -0.4 is 0 Å². The summed E-state index contributed by atoms with van der Waals surface area (Å²) in [6, 6.07) is 67.5. The van der Waals surface area contributed by atoms with E-state index < -0.39 is 0 Å². The lowest BCUT2D eigenvalue weighted by Crippen LogP contribution is -2.00. The number of nitrogens with zero attached hydrogens (tertiary/aromatic N) is 4. The molecule has 0 unspecified atom stereocenters. The standard InChI is InChI=1S/C51H32N4O/c1-4-15-33(16-5-1)37-29-38(31-39(30-37)51-53-49(34-17-6-2-7-18-34)52-50(54-51)35-19-8-3-9-20-35)36-21-14-22-40(32-36)55-44-25-12-10-24-43(44)47-45(55)28-27-42-41-23-11-13-26-46(41)56-48(42)47/h1-32H. The van der Waals surface area contributed by atoms with Crippen molar-refractivity contribution in [3.8, 4) is 62.1 Å². The number of fused-ring (bicyclic) bond motifs is 7. The van der Waals surface area contributed by atoms with E-state index in [0.717, 1.165) is 88.4 Å². The minimum absolute atomic E-state index is 0.616. The van der Waals surface area contributed by atoms with Crippen LogP contribution in [0.3, 0.4) is 0 Å². The Morgan fingerprint density at radius 1 is 0.339 bits per heavy atom. The van der Waals surface area contributed by atoms with Gasteiger partial charge in [-0.15, -0.1) is 0 Å². The summed E-state index contributed by atoms with van der Waals surface area (Å²) >= 11 is 0. The van der Waals surface area contributed by atoms with E-state index in [1.54, 1.807) is 0 Å². The summed E-state index contributed by atoms with van der Waals surface area (Å²) in [5.74, 6) is 1.88. The van der Waals surface area contributed by atoms with E-state index in [2.05, 4.69) is 120 Å². The molecule has 5 nitrogen and oxygen atoms in total. The zero-order chi connectivity index (χ0) is 37.0. The lowest BCUT2D eigenvalue weighted by atomic mass is 9.95. The van der Waals surface area contributed by atoms with Gasteiger partial charge in [-0.25, -0.2) is 15.0 Å². The van der Waals surface area contributed by atoms with Crippen molar-refractivity contribution in [2.75, 3.05) is 0 Å². The Hall–Kier alpha value is -7.63. The van der Waals surface area contributed by atoms with Gasteiger partial charge in [0.1, 0.15) is 11.2 Å². The molecular weight excluding hydrogens is 685 g/mol. The van der Waals surface area contributed by atoms with Crippen molar-refractivity contribution in [3.63, 3.8) is 0 Å². The molecule has 11 rings (SSSR count). The minimum Gasteiger partial charge on any atom is -0.455 e. The lowest BCUT2D eigenvalue weighted by Gasteiger charge is -2.14. The average Bonchev–Trinajstić information content (AvgIpc) is 3.83. The van der Waals surface area contributed by atoms with E-state index in [9.17, 15) is 0 Å². The fourth-order valence-corrected chi connectivity index (χ4v) is 8.00. The molecule has 0 saturated heterocycles. The molecule has 262 valence electrons. The van der Waals surface area contributed by atoms with Crippen LogP contribution in [0.5, 0.6) is 0 Å². The van der Waals surface area contributed by atoms with E-state index in [4.69, 9.17) is 19.4 Å². The Labute approximate surface area is 322 Å². The van der Waals surface area contributed by atoms with Crippen LogP contribution in [-0.4, -0.2) is 19.5 Å². The highest BCUT2D eigenvalue weighted by Gasteiger charge is 2.20. The maximum absolute atomic E-state index is 6.57. The van der Waals surface area contributed by atoms with Crippen LogP contribution in [0.2, 0.25) is 0 Å². The summed E-state index contributed by atoms with van der Waals surface area (Å²) in [4.78, 5) is 15.2. The van der Waals surface area contributed by atoms with Gasteiger partial charge in [-0.3, -0.25) is 0 Å². The molecular formula is C51H32N4O. The second-order valence-electron chi connectivity index (χ2n) is 14.0. The Bertz CT molecular complexity index is 3180. The summed E-state index contributed by atoms with van der Waals surface area (Å²) in [7, 11) is 0. The first-order chi connectivity index (χ1) is 27.7. The Morgan fingerprint density at radius 2 is 0.875 bits per heavy atom. The third-order valence-corrected chi connectivity index (χ3v) is 10.6. The molecule has 0 radical (unpaired) electrons. The fourth-order valence-electron chi connectivity index (χ4n) is 8.00. The van der Waals surface area contributed by atoms with Crippen LogP contribution in [0.15, 0.2) is 199 Å². The van der Waals surface area contributed by atoms with Crippen molar-refractivity contribution in [1.29, 1.82) is 0 Å². The fraction of sp³-hybridized carbons (Fsp3) is 0. The molecule has 3 aromatic heterocycles. The van der Waals surface area contributed by atoms with Gasteiger partial charge in [0.15, 0.2) is 17.5 Å². The first-order valence-electron chi connectivity index (χ1n) is 18.8. The van der Waals surface area contributed by atoms with Gasteiger partial charge >= 0.3 is 0 Å². The Kier molecular flexibility index (Phi) is 7.42. The second-order valence-corrected chi connectivity index (χ2v) is 14.0. The SMILES string of the molecule is c1ccc(-c2cc(-c3cccc(-n4c5ccccc5c5c6oc7ccccc7c6ccc54)c3)cc(-c3nc(-c4ccccc4)nc(-c4ccccc4)n3)c2)cc1. The molecule has 0 aliphatic carbocycles. The molecule has 0 fully saturated rings. The van der Waals surface area contributed by atoms with Gasteiger partial charge in [-0.05, 0) is 76.9 Å². The molecule has 5 heteroatoms. The van der Waals surface area contributed by atoms with Gasteiger partial charge in [-0.1, -0.05) is 140 Å². The van der Waals surface area contributed by atoms with Crippen LogP contribution in [0.4, 0.5) is 0 Å². The largest absolute Gasteiger partial charge is 0.455 e. The molecule has 0 N–H and O–H groups in total. The van der Waals surface area contributed by atoms with Gasteiger partial charge in [-0.2, -0.15) is 0 Å². The van der Waals surface area contributed by atoms with Crippen LogP contribution in [-0.2, 0) is 0 Å². The van der Waals surface area contributed by atoms with E-state index in [-0.39, 0.29) is 0 Å². The zero-order valence-electron chi connectivity index (χ0n) is 30.2. The summed E-state index contributed by atoms with van der Waals surface area (Å²) in [6.07, 6.45) is 0. The van der Waals surface area contributed by atoms with Crippen LogP contribution >= 0.6 is 0 Å². The molecule has 56 heavy (non-hydrogen) atoms. The first kappa shape index (κ1) is 31.9. The molecule has 0 bridgehead atoms. The topological polar surface area (TPSA) is 56.7 Å². The van der Waals surface area contributed by atoms with Gasteiger partial charge in [0.05, 0.1) is 16.4 Å². The third-order valence-electron chi connectivity index (χ3n) is 10.6. The van der Waals surface area contributed by atoms with Crippen LogP contribution in [0.25, 0.3) is 106 Å². The maximum Gasteiger partial charge on any atom is 0.164 e. The number of furan rings is 1. The van der Waals surface area contributed by atoms with Crippen molar-refractivity contribution in [3.05, 3.63) is 194 Å². The number of rotatable bonds is 6. The highest BCUT2D eigenvalue weighted by Crippen LogP contribution is 2.41. The number of benzene rings is 8. The van der Waals surface area contributed by atoms with Crippen molar-refractivity contribution < 1.29 is 4.42 Å². The Balaban J connectivity index is 1.11. The predicted molar refractivity (Wildman–Crippen MR) is 229 cm³/mol. The van der Waals surface area contributed by atoms with Gasteiger partial charge < -0.3 is 8.98 Å². The quantitative estimate of drug-likeness (QED) is 0.172. The maximum atomic E-state index is 6.57. The number of aromatic nitrogens is 4. The van der Waals surface area contributed by atoms with Crippen LogP contribution in [0.1, 0.15) is 0 Å². The molecule has 0 amide bonds. The monoisotopic (exact) mass is 716 g/mol. The third kappa shape index (κ3) is 5.37. The molecule has 0 atom stereocenters. The normalized spacial score (nSPS) is 11.6. The Morgan fingerprint density at radius 3 is 1.57 bits per heavy atom. The highest BCUT2D eigenvalue weighted by atomic mass is 16.3. The van der Waals surface area contributed by atoms with Crippen molar-refractivity contribution in [1.82, 2.24) is 19.5 Å². The van der Waals surface area contributed by atoms with Gasteiger partial charge in [0.2, 0.25) is 0 Å². The zero-order valence-corrected chi connectivity index (χ0v) is 30.2. The molecule has 3 heterocycles. The molecule has 0 spiro atoms. The molecule has 8 aromatic carbocycles. The minimum atomic E-state index is 0.616. The van der Waals surface area contributed by atoms with Crippen molar-refractivity contribution in [2.45, 2.75) is 0 Å². The van der Waals surface area contributed by atoms with Gasteiger partial charge in [0, 0.05) is 38.5 Å². The molecule has 0 aliphatic heterocycles. The predicted octanol–water partition coefficient (Wildman–Crippen LogP) is 13.2. The lowest BCUT2D eigenvalue weighted by molar-refractivity contribution is 0.673. The number of hydrogen-bond donors (Lipinski definition) is 0. The highest BCUT2D eigenvalue weighted by molar-refractivity contribution is 6.23. The smallest absolute Gasteiger partial charge is 0.164 e. The summed E-state index contributed by atoms with van der Waals surface area (Å²) in [6.45, 7) is 0. The van der Waals surface area contributed by atoms with E-state index in [1.807, 2.05) is 78.9 Å². The number of hydrogen-bond acceptors (Lipinski definition) is 4. The molecule has 0 saturated carbocycles. The van der Waals surface area contributed by atoms with Crippen molar-refractivity contribution in [2.24, 2.45) is 0 Å². The van der Waals surface area contributed by atoms with Gasteiger partial charge in [0.25, 0.3) is 0 Å². The summed E-state index contributed by atoms with van der Waals surface area (Å²) in [5.41, 5.74) is 12.2. The molecule has 0 aliphatic rings. The summed E-state index contributed by atoms with van der Waals surface area (Å²) < 4.78 is 8.92. The number of para-hydroxylation sites is 2. The summed E-state index contributed by atoms with van der Waals surface area (Å²) in [5, 5.41) is 4.53. The van der Waals surface area contributed by atoms with Crippen LogP contribution in [0, 0.1) is 0 Å². The van der Waals surface area contributed by atoms with E-state index in [0.29, 0.717) is 17.5 Å². The average molecular weight is 717 g/mol.